The molecule has 0 amide bonds. The summed E-state index contributed by atoms with van der Waals surface area (Å²) in [5, 5.41) is 7.53. The summed E-state index contributed by atoms with van der Waals surface area (Å²) < 4.78 is 5.24. The van der Waals surface area contributed by atoms with E-state index in [-0.39, 0.29) is 6.04 Å². The van der Waals surface area contributed by atoms with E-state index in [0.717, 1.165) is 35.2 Å². The van der Waals surface area contributed by atoms with Gasteiger partial charge in [-0.3, -0.25) is 0 Å². The van der Waals surface area contributed by atoms with Crippen molar-refractivity contribution in [1.82, 2.24) is 15.1 Å². The van der Waals surface area contributed by atoms with Crippen LogP contribution in [0.1, 0.15) is 75.0 Å². The molecule has 126 valence electrons. The first-order valence-electron chi connectivity index (χ1n) is 8.35. The van der Waals surface area contributed by atoms with Crippen LogP contribution in [-0.2, 0) is 6.42 Å². The molecular formula is C18H28N4O. The molecule has 2 rings (SSSR count). The Morgan fingerprint density at radius 1 is 1.04 bits per heavy atom. The number of aromatic nitrogens is 3. The van der Waals surface area contributed by atoms with E-state index in [0.29, 0.717) is 11.8 Å². The number of nitrogens with zero attached hydrogens (tertiary/aromatic N) is 3. The van der Waals surface area contributed by atoms with Crippen molar-refractivity contribution in [1.29, 1.82) is 0 Å². The molecule has 0 aliphatic carbocycles. The van der Waals surface area contributed by atoms with Crippen LogP contribution in [0.25, 0.3) is 0 Å². The predicted octanol–water partition coefficient (Wildman–Crippen LogP) is 4.37. The number of rotatable bonds is 6. The minimum Gasteiger partial charge on any atom is -0.367 e. The van der Waals surface area contributed by atoms with Crippen molar-refractivity contribution in [3.8, 4) is 0 Å². The van der Waals surface area contributed by atoms with Crippen LogP contribution in [0.5, 0.6) is 0 Å². The second-order valence-electron chi connectivity index (χ2n) is 6.90. The van der Waals surface area contributed by atoms with E-state index in [1.165, 1.54) is 5.56 Å². The number of hydrogen-bond donors (Lipinski definition) is 1. The van der Waals surface area contributed by atoms with Crippen LogP contribution in [-0.4, -0.2) is 21.2 Å². The van der Waals surface area contributed by atoms with Gasteiger partial charge in [0.2, 0.25) is 0 Å². The maximum atomic E-state index is 5.24. The minimum absolute atomic E-state index is 0.238. The number of aryl methyl sites for hydroxylation is 2. The van der Waals surface area contributed by atoms with Gasteiger partial charge in [0.15, 0.2) is 0 Å². The van der Waals surface area contributed by atoms with Gasteiger partial charge in [-0.25, -0.2) is 9.97 Å². The molecule has 2 aromatic heterocycles. The van der Waals surface area contributed by atoms with E-state index in [2.05, 4.69) is 61.1 Å². The van der Waals surface area contributed by atoms with Gasteiger partial charge in [0.05, 0.1) is 5.69 Å². The third kappa shape index (κ3) is 4.30. The molecule has 1 N–H and O–H groups in total. The average Bonchev–Trinajstić information content (AvgIpc) is 2.78. The van der Waals surface area contributed by atoms with Crippen molar-refractivity contribution in [3.63, 3.8) is 0 Å². The van der Waals surface area contributed by atoms with Gasteiger partial charge >= 0.3 is 0 Å². The van der Waals surface area contributed by atoms with E-state index in [1.807, 2.05) is 13.8 Å². The van der Waals surface area contributed by atoms with Crippen molar-refractivity contribution in [2.24, 2.45) is 0 Å². The third-order valence-corrected chi connectivity index (χ3v) is 3.96. The summed E-state index contributed by atoms with van der Waals surface area (Å²) in [4.78, 5) is 9.34. The minimum atomic E-state index is 0.238. The third-order valence-electron chi connectivity index (χ3n) is 3.96. The zero-order valence-electron chi connectivity index (χ0n) is 15.3. The van der Waals surface area contributed by atoms with Gasteiger partial charge in [-0.2, -0.15) is 0 Å². The van der Waals surface area contributed by atoms with E-state index in [1.54, 1.807) is 0 Å². The Bertz CT molecular complexity index is 615. The smallest absolute Gasteiger partial charge is 0.137 e. The maximum Gasteiger partial charge on any atom is 0.137 e. The molecule has 0 saturated carbocycles. The highest BCUT2D eigenvalue weighted by Crippen LogP contribution is 2.21. The molecule has 0 bridgehead atoms. The highest BCUT2D eigenvalue weighted by Gasteiger charge is 2.15. The number of nitrogens with one attached hydrogen (secondary N) is 1. The molecule has 0 fully saturated rings. The van der Waals surface area contributed by atoms with Gasteiger partial charge in [0.1, 0.15) is 17.4 Å². The van der Waals surface area contributed by atoms with Crippen LogP contribution in [0.15, 0.2) is 10.6 Å². The number of hydrogen-bond acceptors (Lipinski definition) is 5. The highest BCUT2D eigenvalue weighted by molar-refractivity contribution is 5.39. The Balaban J connectivity index is 2.18. The molecular weight excluding hydrogens is 288 g/mol. The van der Waals surface area contributed by atoms with E-state index in [4.69, 9.17) is 4.52 Å². The molecule has 1 unspecified atom stereocenters. The zero-order valence-corrected chi connectivity index (χ0v) is 15.3. The standard InChI is InChI=1S/C18H28N4O/c1-10(2)16-9-17(21-18(20-16)11(3)4)19-12(5)8-15-13(6)22-23-14(15)7/h9-12H,8H2,1-7H3,(H,19,20,21). The van der Waals surface area contributed by atoms with Crippen LogP contribution < -0.4 is 5.32 Å². The monoisotopic (exact) mass is 316 g/mol. The lowest BCUT2D eigenvalue weighted by molar-refractivity contribution is 0.392. The fraction of sp³-hybridized carbons (Fsp3) is 0.611. The molecule has 0 radical (unpaired) electrons. The van der Waals surface area contributed by atoms with Gasteiger partial charge in [-0.05, 0) is 33.1 Å². The molecule has 0 spiro atoms. The second kappa shape index (κ2) is 7.11. The van der Waals surface area contributed by atoms with E-state index in [9.17, 15) is 0 Å². The molecule has 0 saturated heterocycles. The summed E-state index contributed by atoms with van der Waals surface area (Å²) in [5.74, 6) is 3.38. The quantitative estimate of drug-likeness (QED) is 0.857. The summed E-state index contributed by atoms with van der Waals surface area (Å²) in [6.07, 6.45) is 0.860. The van der Waals surface area contributed by atoms with Crippen molar-refractivity contribution < 1.29 is 4.52 Å². The zero-order chi connectivity index (χ0) is 17.1. The SMILES string of the molecule is Cc1noc(C)c1CC(C)Nc1cc(C(C)C)nc(C(C)C)n1. The summed E-state index contributed by atoms with van der Waals surface area (Å²) in [7, 11) is 0. The van der Waals surface area contributed by atoms with E-state index >= 15 is 0 Å². The first kappa shape index (κ1) is 17.4. The highest BCUT2D eigenvalue weighted by atomic mass is 16.5. The normalized spacial score (nSPS) is 12.9. The van der Waals surface area contributed by atoms with Crippen LogP contribution in [0, 0.1) is 13.8 Å². The van der Waals surface area contributed by atoms with Gasteiger partial charge in [-0.1, -0.05) is 32.9 Å². The Morgan fingerprint density at radius 3 is 2.26 bits per heavy atom. The van der Waals surface area contributed by atoms with Gasteiger partial charge in [0.25, 0.3) is 0 Å². The molecule has 2 heterocycles. The van der Waals surface area contributed by atoms with Gasteiger partial charge < -0.3 is 9.84 Å². The first-order valence-corrected chi connectivity index (χ1v) is 8.35. The Labute approximate surface area is 138 Å². The fourth-order valence-electron chi connectivity index (χ4n) is 2.52. The van der Waals surface area contributed by atoms with E-state index < -0.39 is 0 Å². The molecule has 1 atom stereocenters. The first-order chi connectivity index (χ1) is 10.8. The maximum absolute atomic E-state index is 5.24. The van der Waals surface area contributed by atoms with Gasteiger partial charge in [0, 0.05) is 29.3 Å². The van der Waals surface area contributed by atoms with Crippen molar-refractivity contribution >= 4 is 5.82 Å². The second-order valence-corrected chi connectivity index (χ2v) is 6.90. The average molecular weight is 316 g/mol. The summed E-state index contributed by atoms with van der Waals surface area (Å²) in [6.45, 7) is 14.6. The van der Waals surface area contributed by atoms with Crippen molar-refractivity contribution in [3.05, 3.63) is 34.6 Å². The van der Waals surface area contributed by atoms with Crippen LogP contribution in [0.2, 0.25) is 0 Å². The fourth-order valence-corrected chi connectivity index (χ4v) is 2.52. The summed E-state index contributed by atoms with van der Waals surface area (Å²) in [6, 6.07) is 2.29. The van der Waals surface area contributed by atoms with Crippen molar-refractivity contribution in [2.75, 3.05) is 5.32 Å². The molecule has 0 aliphatic heterocycles. The summed E-state index contributed by atoms with van der Waals surface area (Å²) in [5.41, 5.74) is 3.22. The van der Waals surface area contributed by atoms with Crippen LogP contribution in [0.3, 0.4) is 0 Å². The predicted molar refractivity (Wildman–Crippen MR) is 93.0 cm³/mol. The molecule has 2 aromatic rings. The summed E-state index contributed by atoms with van der Waals surface area (Å²) >= 11 is 0. The number of anilines is 1. The van der Waals surface area contributed by atoms with Crippen LogP contribution >= 0.6 is 0 Å². The lowest BCUT2D eigenvalue weighted by Gasteiger charge is -2.17. The molecule has 5 heteroatoms. The Morgan fingerprint density at radius 2 is 1.74 bits per heavy atom. The van der Waals surface area contributed by atoms with Crippen LogP contribution in [0.4, 0.5) is 5.82 Å². The van der Waals surface area contributed by atoms with Crippen molar-refractivity contribution in [2.45, 2.75) is 72.8 Å². The Hall–Kier alpha value is -1.91. The molecule has 0 aliphatic rings. The molecule has 0 aromatic carbocycles. The molecule has 23 heavy (non-hydrogen) atoms. The lowest BCUT2D eigenvalue weighted by Crippen LogP contribution is -2.20. The largest absolute Gasteiger partial charge is 0.367 e. The lowest BCUT2D eigenvalue weighted by atomic mass is 10.1. The van der Waals surface area contributed by atoms with Gasteiger partial charge in [-0.15, -0.1) is 0 Å². The Kier molecular flexibility index (Phi) is 5.39. The molecule has 5 nitrogen and oxygen atoms in total. The topological polar surface area (TPSA) is 63.8 Å².